The van der Waals surface area contributed by atoms with Crippen molar-refractivity contribution in [1.82, 2.24) is 14.8 Å². The van der Waals surface area contributed by atoms with Crippen LogP contribution in [0, 0.1) is 0 Å². The van der Waals surface area contributed by atoms with Crippen LogP contribution >= 0.6 is 11.3 Å². The maximum absolute atomic E-state index is 12.6. The summed E-state index contributed by atoms with van der Waals surface area (Å²) >= 11 is 1.01. The minimum absolute atomic E-state index is 0.219. The van der Waals surface area contributed by atoms with Gasteiger partial charge in [0.05, 0.1) is 6.54 Å². The molecule has 0 aliphatic carbocycles. The first-order valence-corrected chi connectivity index (χ1v) is 10.4. The number of halogens is 2. The third-order valence-electron chi connectivity index (χ3n) is 4.15. The van der Waals surface area contributed by atoms with Crippen LogP contribution in [-0.4, -0.2) is 55.6 Å². The average molecular weight is 456 g/mol. The van der Waals surface area contributed by atoms with Gasteiger partial charge in [0.2, 0.25) is 0 Å². The summed E-state index contributed by atoms with van der Waals surface area (Å²) in [5.41, 5.74) is 5.96. The predicted octanol–water partition coefficient (Wildman–Crippen LogP) is 0.168. The number of rotatable bonds is 10. The molecule has 1 aromatic carbocycles. The van der Waals surface area contributed by atoms with Gasteiger partial charge in [-0.2, -0.15) is 0 Å². The third kappa shape index (κ3) is 7.07. The highest BCUT2D eigenvalue weighted by Gasteiger charge is 2.13. The monoisotopic (exact) mass is 455 g/mol. The zero-order valence-electron chi connectivity index (χ0n) is 17.7. The molecule has 0 fully saturated rings. The van der Waals surface area contributed by atoms with Gasteiger partial charge in [-0.25, -0.2) is 8.78 Å². The van der Waals surface area contributed by atoms with E-state index in [1.165, 1.54) is 10.8 Å². The van der Waals surface area contributed by atoms with Crippen molar-refractivity contribution in [3.8, 4) is 5.75 Å². The van der Waals surface area contributed by atoms with E-state index in [2.05, 4.69) is 5.32 Å². The zero-order valence-corrected chi connectivity index (χ0v) is 18.5. The van der Waals surface area contributed by atoms with Crippen LogP contribution in [0.5, 0.6) is 5.75 Å². The molecule has 1 aromatic heterocycles. The van der Waals surface area contributed by atoms with Crippen molar-refractivity contribution in [3.05, 3.63) is 43.8 Å². The quantitative estimate of drug-likeness (QED) is 0.472. The molecule has 1 heterocycles. The van der Waals surface area contributed by atoms with Gasteiger partial charge in [-0.3, -0.25) is 14.2 Å². The lowest BCUT2D eigenvalue weighted by Gasteiger charge is -2.11. The number of nitrogens with zero attached hydrogens (tertiary/aromatic N) is 2. The fourth-order valence-corrected chi connectivity index (χ4v) is 3.56. The Kier molecular flexibility index (Phi) is 9.01. The van der Waals surface area contributed by atoms with E-state index in [1.54, 1.807) is 6.92 Å². The molecule has 4 N–H and O–H groups in total. The maximum atomic E-state index is 12.6. The molecule has 2 rings (SSSR count). The van der Waals surface area contributed by atoms with Gasteiger partial charge in [0.15, 0.2) is 0 Å². The number of anilines is 1. The molecule has 0 spiro atoms. The summed E-state index contributed by atoms with van der Waals surface area (Å²) in [6.07, 6.45) is -1.17. The van der Waals surface area contributed by atoms with Crippen LogP contribution in [0.15, 0.2) is 29.1 Å². The Hall–Kier alpha value is -2.92. The first-order valence-electron chi connectivity index (χ1n) is 9.63. The highest BCUT2D eigenvalue weighted by atomic mass is 32.1. The van der Waals surface area contributed by atoms with E-state index in [0.29, 0.717) is 11.1 Å². The minimum atomic E-state index is -2.69. The lowest BCUT2D eigenvalue weighted by Crippen LogP contribution is -2.38. The number of benzene rings is 1. The van der Waals surface area contributed by atoms with Crippen LogP contribution in [0.25, 0.3) is 11.9 Å². The second kappa shape index (κ2) is 11.5. The van der Waals surface area contributed by atoms with E-state index in [1.807, 2.05) is 48.6 Å². The van der Waals surface area contributed by atoms with E-state index >= 15 is 0 Å². The maximum Gasteiger partial charge on any atom is 0.270 e. The molecule has 0 saturated heterocycles. The SMILES string of the molecule is CCn1c(=O)/c(=C\Nc2ccc(OCCN(C)C)cc2)s/c1=C(/N)C(=O)NCC(F)F. The summed E-state index contributed by atoms with van der Waals surface area (Å²) in [5.74, 6) is -0.107. The molecule has 0 atom stereocenters. The van der Waals surface area contributed by atoms with Crippen molar-refractivity contribution in [1.29, 1.82) is 0 Å². The number of aromatic nitrogens is 1. The Labute approximate surface area is 182 Å². The number of nitrogens with two attached hydrogens (primary N) is 1. The van der Waals surface area contributed by atoms with Crippen molar-refractivity contribution in [3.63, 3.8) is 0 Å². The number of alkyl halides is 2. The van der Waals surface area contributed by atoms with Gasteiger partial charge in [-0.05, 0) is 45.3 Å². The van der Waals surface area contributed by atoms with E-state index in [-0.39, 0.29) is 22.5 Å². The Morgan fingerprint density at radius 2 is 2.00 bits per heavy atom. The van der Waals surface area contributed by atoms with Gasteiger partial charge in [0.1, 0.15) is 27.2 Å². The number of hydrogen-bond donors (Lipinski definition) is 3. The summed E-state index contributed by atoms with van der Waals surface area (Å²) in [6.45, 7) is 2.58. The Bertz CT molecular complexity index is 1050. The van der Waals surface area contributed by atoms with Crippen LogP contribution in [0.1, 0.15) is 6.92 Å². The van der Waals surface area contributed by atoms with Crippen molar-refractivity contribution < 1.29 is 18.3 Å². The van der Waals surface area contributed by atoms with Crippen molar-refractivity contribution in [2.24, 2.45) is 5.73 Å². The van der Waals surface area contributed by atoms with E-state index < -0.39 is 18.9 Å². The molecular weight excluding hydrogens is 428 g/mol. The van der Waals surface area contributed by atoms with Crippen LogP contribution < -0.4 is 35.9 Å². The Morgan fingerprint density at radius 1 is 1.32 bits per heavy atom. The summed E-state index contributed by atoms with van der Waals surface area (Å²) < 4.78 is 32.1. The molecule has 2 aromatic rings. The number of likely N-dealkylation sites (N-methyl/N-ethyl adjacent to an activating group) is 1. The van der Waals surface area contributed by atoms with Crippen molar-refractivity contribution in [2.45, 2.75) is 19.9 Å². The highest BCUT2D eigenvalue weighted by molar-refractivity contribution is 7.07. The fourth-order valence-electron chi connectivity index (χ4n) is 2.51. The first kappa shape index (κ1) is 24.4. The van der Waals surface area contributed by atoms with Crippen LogP contribution in [0.4, 0.5) is 14.5 Å². The molecule has 0 aliphatic rings. The predicted molar refractivity (Wildman–Crippen MR) is 119 cm³/mol. The van der Waals surface area contributed by atoms with E-state index in [4.69, 9.17) is 10.5 Å². The molecular formula is C20H27F2N5O3S. The second-order valence-corrected chi connectivity index (χ2v) is 7.83. The highest BCUT2D eigenvalue weighted by Crippen LogP contribution is 2.15. The summed E-state index contributed by atoms with van der Waals surface area (Å²) in [6, 6.07) is 7.25. The lowest BCUT2D eigenvalue weighted by atomic mass is 10.3. The van der Waals surface area contributed by atoms with Gasteiger partial charge in [-0.1, -0.05) is 0 Å². The number of carbonyl (C=O) groups excluding carboxylic acids is 1. The largest absolute Gasteiger partial charge is 0.492 e. The zero-order chi connectivity index (χ0) is 23.0. The van der Waals surface area contributed by atoms with Crippen molar-refractivity contribution in [2.75, 3.05) is 39.1 Å². The number of ether oxygens (including phenoxy) is 1. The number of amides is 1. The normalized spacial score (nSPS) is 12.9. The van der Waals surface area contributed by atoms with E-state index in [9.17, 15) is 18.4 Å². The lowest BCUT2D eigenvalue weighted by molar-refractivity contribution is -0.116. The Morgan fingerprint density at radius 3 is 2.58 bits per heavy atom. The van der Waals surface area contributed by atoms with Gasteiger partial charge in [-0.15, -0.1) is 11.3 Å². The van der Waals surface area contributed by atoms with Gasteiger partial charge in [0.25, 0.3) is 17.9 Å². The average Bonchev–Trinajstić information content (AvgIpc) is 3.05. The second-order valence-electron chi connectivity index (χ2n) is 6.80. The summed E-state index contributed by atoms with van der Waals surface area (Å²) in [7, 11) is 3.94. The summed E-state index contributed by atoms with van der Waals surface area (Å²) in [5, 5.41) is 5.08. The standard InChI is InChI=1S/C20H27F2N5O3S/c1-4-27-19(29)15(31-20(27)17(23)18(28)25-12-16(21)22)11-24-13-5-7-14(8-6-13)30-10-9-26(2)3/h5-8,11,16,24H,4,9-10,12,23H2,1-3H3,(H,25,28)/b15-11+,20-17+. The molecule has 0 aliphatic heterocycles. The molecule has 0 radical (unpaired) electrons. The van der Waals surface area contributed by atoms with Crippen LogP contribution in [-0.2, 0) is 11.3 Å². The van der Waals surface area contributed by atoms with Crippen molar-refractivity contribution >= 4 is 34.8 Å². The number of nitrogens with one attached hydrogen (secondary N) is 2. The smallest absolute Gasteiger partial charge is 0.270 e. The fraction of sp³-hybridized carbons (Fsp3) is 0.400. The number of carbonyl (C=O) groups is 1. The van der Waals surface area contributed by atoms with Crippen LogP contribution in [0.3, 0.4) is 0 Å². The van der Waals surface area contributed by atoms with Crippen LogP contribution in [0.2, 0.25) is 0 Å². The number of thiazole rings is 1. The minimum Gasteiger partial charge on any atom is -0.492 e. The van der Waals surface area contributed by atoms with Gasteiger partial charge >= 0.3 is 0 Å². The van der Waals surface area contributed by atoms with Gasteiger partial charge < -0.3 is 26.0 Å². The molecule has 0 unspecified atom stereocenters. The Balaban J connectivity index is 2.20. The molecule has 31 heavy (non-hydrogen) atoms. The molecule has 0 saturated carbocycles. The molecule has 11 heteroatoms. The number of hydrogen-bond acceptors (Lipinski definition) is 7. The molecule has 1 amide bonds. The third-order valence-corrected chi connectivity index (χ3v) is 5.29. The molecule has 0 bridgehead atoms. The molecule has 170 valence electrons. The topological polar surface area (TPSA) is 102 Å². The first-order chi connectivity index (χ1) is 14.7. The van der Waals surface area contributed by atoms with Gasteiger partial charge in [0, 0.05) is 25.0 Å². The molecule has 8 nitrogen and oxygen atoms in total. The summed E-state index contributed by atoms with van der Waals surface area (Å²) in [4.78, 5) is 26.6. The van der Waals surface area contributed by atoms with E-state index in [0.717, 1.165) is 29.3 Å².